The predicted octanol–water partition coefficient (Wildman–Crippen LogP) is 2.93. The molecule has 21 heavy (non-hydrogen) atoms. The maximum absolute atomic E-state index is 5.64. The molecule has 3 aromatic rings. The Morgan fingerprint density at radius 1 is 1.14 bits per heavy atom. The second kappa shape index (κ2) is 5.54. The van der Waals surface area contributed by atoms with Gasteiger partial charge >= 0.3 is 0 Å². The molecular weight excluding hydrogens is 266 g/mol. The van der Waals surface area contributed by atoms with Crippen LogP contribution in [-0.2, 0) is 11.8 Å². The monoisotopic (exact) mass is 283 g/mol. The highest BCUT2D eigenvalue weighted by atomic mass is 16.7. The maximum atomic E-state index is 5.64. The van der Waals surface area contributed by atoms with Gasteiger partial charge in [0.05, 0.1) is 22.5 Å². The minimum absolute atomic E-state index is 0.180. The van der Waals surface area contributed by atoms with E-state index in [1.165, 1.54) is 0 Å². The molecule has 108 valence electrons. The van der Waals surface area contributed by atoms with Crippen molar-refractivity contribution in [2.45, 2.75) is 6.92 Å². The van der Waals surface area contributed by atoms with E-state index in [2.05, 4.69) is 11.2 Å². The van der Waals surface area contributed by atoms with Gasteiger partial charge in [0.2, 0.25) is 5.88 Å². The van der Waals surface area contributed by atoms with Gasteiger partial charge in [-0.15, -0.1) is 0 Å². The van der Waals surface area contributed by atoms with Crippen molar-refractivity contribution < 1.29 is 9.47 Å². The van der Waals surface area contributed by atoms with E-state index in [0.717, 1.165) is 27.9 Å². The van der Waals surface area contributed by atoms with E-state index in [9.17, 15) is 0 Å². The number of fused-ring (bicyclic) bond motifs is 1. The Labute approximate surface area is 123 Å². The molecule has 0 spiro atoms. The Hall–Kier alpha value is -2.40. The summed E-state index contributed by atoms with van der Waals surface area (Å²) in [4.78, 5) is 4.71. The number of para-hydroxylation sites is 1. The lowest BCUT2D eigenvalue weighted by Crippen LogP contribution is -2.04. The molecule has 1 aromatic carbocycles. The summed E-state index contributed by atoms with van der Waals surface area (Å²) in [5.41, 5.74) is 3.59. The molecule has 0 fully saturated rings. The van der Waals surface area contributed by atoms with E-state index in [-0.39, 0.29) is 6.79 Å². The third-order valence-electron chi connectivity index (χ3n) is 3.34. The third-order valence-corrected chi connectivity index (χ3v) is 3.34. The van der Waals surface area contributed by atoms with E-state index >= 15 is 0 Å². The second-order valence-electron chi connectivity index (χ2n) is 4.83. The number of ether oxygens (including phenoxy) is 2. The predicted molar refractivity (Wildman–Crippen MR) is 81.2 cm³/mol. The number of methoxy groups -OCH3 is 1. The molecule has 0 radical (unpaired) electrons. The summed E-state index contributed by atoms with van der Waals surface area (Å²) in [6, 6.07) is 12.1. The summed E-state index contributed by atoms with van der Waals surface area (Å²) in [7, 11) is 3.44. The summed E-state index contributed by atoms with van der Waals surface area (Å²) in [6.07, 6.45) is 0. The van der Waals surface area contributed by atoms with Gasteiger partial charge < -0.3 is 9.47 Å². The van der Waals surface area contributed by atoms with E-state index in [1.807, 2.05) is 44.3 Å². The smallest absolute Gasteiger partial charge is 0.223 e. The Morgan fingerprint density at radius 3 is 2.76 bits per heavy atom. The topological polar surface area (TPSA) is 49.2 Å². The van der Waals surface area contributed by atoms with Crippen molar-refractivity contribution in [1.82, 2.24) is 14.8 Å². The first-order chi connectivity index (χ1) is 10.2. The first kappa shape index (κ1) is 13.6. The summed E-state index contributed by atoms with van der Waals surface area (Å²) in [5.74, 6) is 0.664. The zero-order chi connectivity index (χ0) is 14.8. The number of aryl methyl sites for hydroxylation is 2. The normalized spacial score (nSPS) is 11.0. The lowest BCUT2D eigenvalue weighted by atomic mass is 10.1. The molecule has 0 aliphatic rings. The number of rotatable bonds is 4. The molecule has 3 rings (SSSR count). The van der Waals surface area contributed by atoms with Crippen LogP contribution in [0.5, 0.6) is 5.88 Å². The van der Waals surface area contributed by atoms with Crippen LogP contribution in [0.4, 0.5) is 0 Å². The van der Waals surface area contributed by atoms with Crippen LogP contribution >= 0.6 is 0 Å². The number of nitrogens with zero attached hydrogens (tertiary/aromatic N) is 3. The molecule has 5 nitrogen and oxygen atoms in total. The highest BCUT2D eigenvalue weighted by Crippen LogP contribution is 2.32. The minimum Gasteiger partial charge on any atom is -0.450 e. The first-order valence-electron chi connectivity index (χ1n) is 6.72. The van der Waals surface area contributed by atoms with Crippen molar-refractivity contribution in [2.24, 2.45) is 7.05 Å². The summed E-state index contributed by atoms with van der Waals surface area (Å²) >= 11 is 0. The fourth-order valence-corrected chi connectivity index (χ4v) is 2.42. The molecule has 2 aromatic heterocycles. The average Bonchev–Trinajstić information content (AvgIpc) is 2.78. The number of pyridine rings is 1. The molecular formula is C16H17N3O2. The molecule has 0 N–H and O–H groups in total. The summed E-state index contributed by atoms with van der Waals surface area (Å²) in [6.45, 7) is 2.13. The van der Waals surface area contributed by atoms with Crippen LogP contribution in [0.2, 0.25) is 0 Å². The number of benzene rings is 1. The number of hydrogen-bond acceptors (Lipinski definition) is 4. The van der Waals surface area contributed by atoms with Gasteiger partial charge in [-0.1, -0.05) is 24.3 Å². The summed E-state index contributed by atoms with van der Waals surface area (Å²) < 4.78 is 12.3. The largest absolute Gasteiger partial charge is 0.450 e. The molecule has 2 heterocycles. The molecule has 0 bridgehead atoms. The number of aromatic nitrogens is 3. The first-order valence-corrected chi connectivity index (χ1v) is 6.72. The fraction of sp³-hybridized carbons (Fsp3) is 0.250. The van der Waals surface area contributed by atoms with Crippen LogP contribution in [0.15, 0.2) is 36.4 Å². The Bertz CT molecular complexity index is 780. The van der Waals surface area contributed by atoms with Gasteiger partial charge in [0.1, 0.15) is 0 Å². The second-order valence-corrected chi connectivity index (χ2v) is 4.83. The van der Waals surface area contributed by atoms with Crippen LogP contribution in [0.1, 0.15) is 5.69 Å². The minimum atomic E-state index is 0.180. The van der Waals surface area contributed by atoms with Crippen LogP contribution in [0.3, 0.4) is 0 Å². The van der Waals surface area contributed by atoms with Gasteiger partial charge in [0.15, 0.2) is 6.79 Å². The highest BCUT2D eigenvalue weighted by molar-refractivity contribution is 5.82. The third kappa shape index (κ3) is 2.48. The Morgan fingerprint density at radius 2 is 1.95 bits per heavy atom. The molecule has 5 heteroatoms. The zero-order valence-electron chi connectivity index (χ0n) is 12.3. The van der Waals surface area contributed by atoms with Crippen LogP contribution in [0.25, 0.3) is 22.2 Å². The van der Waals surface area contributed by atoms with Crippen molar-refractivity contribution in [3.8, 4) is 17.1 Å². The van der Waals surface area contributed by atoms with Gasteiger partial charge in [-0.2, -0.15) is 5.10 Å². The quantitative estimate of drug-likeness (QED) is 0.691. The van der Waals surface area contributed by atoms with E-state index in [4.69, 9.17) is 14.5 Å². The van der Waals surface area contributed by atoms with Gasteiger partial charge in [-0.3, -0.25) is 0 Å². The van der Waals surface area contributed by atoms with Crippen molar-refractivity contribution in [3.63, 3.8) is 0 Å². The van der Waals surface area contributed by atoms with E-state index in [0.29, 0.717) is 5.88 Å². The van der Waals surface area contributed by atoms with Gasteiger partial charge in [0.25, 0.3) is 0 Å². The number of hydrogen-bond donors (Lipinski definition) is 0. The Balaban J connectivity index is 2.13. The lowest BCUT2D eigenvalue weighted by Gasteiger charge is -2.08. The van der Waals surface area contributed by atoms with E-state index < -0.39 is 0 Å². The van der Waals surface area contributed by atoms with Crippen LogP contribution in [0, 0.1) is 6.92 Å². The molecule has 0 saturated carbocycles. The van der Waals surface area contributed by atoms with Crippen molar-refractivity contribution in [2.75, 3.05) is 13.9 Å². The lowest BCUT2D eigenvalue weighted by molar-refractivity contribution is 0.0452. The molecule has 0 atom stereocenters. The molecule has 0 saturated heterocycles. The SMILES string of the molecule is COCOc1c(-c2ccc3ccccc3n2)c(C)nn1C. The molecule has 0 amide bonds. The maximum Gasteiger partial charge on any atom is 0.223 e. The molecule has 0 unspecified atom stereocenters. The highest BCUT2D eigenvalue weighted by Gasteiger charge is 2.18. The van der Waals surface area contributed by atoms with Crippen molar-refractivity contribution in [3.05, 3.63) is 42.1 Å². The van der Waals surface area contributed by atoms with Crippen LogP contribution < -0.4 is 4.74 Å². The van der Waals surface area contributed by atoms with Gasteiger partial charge in [0, 0.05) is 19.5 Å². The van der Waals surface area contributed by atoms with Gasteiger partial charge in [-0.05, 0) is 19.1 Å². The summed E-state index contributed by atoms with van der Waals surface area (Å²) in [5, 5.41) is 5.53. The molecule has 0 aliphatic carbocycles. The fourth-order valence-electron chi connectivity index (χ4n) is 2.42. The van der Waals surface area contributed by atoms with Gasteiger partial charge in [-0.25, -0.2) is 9.67 Å². The van der Waals surface area contributed by atoms with Crippen molar-refractivity contribution >= 4 is 10.9 Å². The molecule has 0 aliphatic heterocycles. The van der Waals surface area contributed by atoms with Crippen LogP contribution in [-0.4, -0.2) is 28.7 Å². The standard InChI is InChI=1S/C16H17N3O2/c1-11-15(16(19(2)18-11)21-10-20-3)14-9-8-12-6-4-5-7-13(12)17-14/h4-9H,10H2,1-3H3. The zero-order valence-corrected chi connectivity index (χ0v) is 12.3. The average molecular weight is 283 g/mol. The Kier molecular flexibility index (Phi) is 3.58. The van der Waals surface area contributed by atoms with Crippen molar-refractivity contribution in [1.29, 1.82) is 0 Å². The van der Waals surface area contributed by atoms with E-state index in [1.54, 1.807) is 11.8 Å².